The van der Waals surface area contributed by atoms with Gasteiger partial charge in [-0.1, -0.05) is 6.42 Å². The van der Waals surface area contributed by atoms with Crippen molar-refractivity contribution in [2.75, 3.05) is 38.3 Å². The van der Waals surface area contributed by atoms with Gasteiger partial charge in [-0.05, 0) is 43.5 Å². The maximum atomic E-state index is 12.9. The van der Waals surface area contributed by atoms with Gasteiger partial charge in [-0.15, -0.1) is 0 Å². The number of methoxy groups -OCH3 is 1. The van der Waals surface area contributed by atoms with E-state index in [4.69, 9.17) is 4.74 Å². The van der Waals surface area contributed by atoms with Gasteiger partial charge in [0.25, 0.3) is 0 Å². The topological polar surface area (TPSA) is 50.6 Å². The summed E-state index contributed by atoms with van der Waals surface area (Å²) >= 11 is 0. The third-order valence-corrected chi connectivity index (χ3v) is 6.56. The first-order valence-electron chi connectivity index (χ1n) is 9.93. The third-order valence-electron chi connectivity index (χ3n) is 6.56. The number of likely N-dealkylation sites (tertiary alicyclic amines) is 1. The summed E-state index contributed by atoms with van der Waals surface area (Å²) in [4.78, 5) is 22.1. The molecule has 2 aliphatic heterocycles. The van der Waals surface area contributed by atoms with Crippen LogP contribution in [-0.2, 0) is 15.1 Å². The van der Waals surface area contributed by atoms with Crippen molar-refractivity contribution in [3.8, 4) is 5.82 Å². The second-order valence-electron chi connectivity index (χ2n) is 7.92. The van der Waals surface area contributed by atoms with Gasteiger partial charge in [-0.25, -0.2) is 4.98 Å². The van der Waals surface area contributed by atoms with Gasteiger partial charge in [0.15, 0.2) is 5.82 Å². The van der Waals surface area contributed by atoms with Crippen LogP contribution in [0.3, 0.4) is 0 Å². The number of hydrogen-bond donors (Lipinski definition) is 0. The van der Waals surface area contributed by atoms with Crippen molar-refractivity contribution >= 4 is 11.6 Å². The largest absolute Gasteiger partial charge is 0.383 e. The molecular weight excluding hydrogens is 340 g/mol. The first kappa shape index (κ1) is 16.8. The lowest BCUT2D eigenvalue weighted by Crippen LogP contribution is -2.54. The molecule has 6 nitrogen and oxygen atoms in total. The molecule has 0 bridgehead atoms. The molecule has 2 aromatic heterocycles. The number of amides is 1. The molecule has 2 fully saturated rings. The number of aromatic nitrogens is 2. The van der Waals surface area contributed by atoms with Crippen molar-refractivity contribution in [3.05, 3.63) is 42.4 Å². The van der Waals surface area contributed by atoms with Crippen LogP contribution in [0, 0.1) is 5.92 Å². The lowest BCUT2D eigenvalue weighted by Gasteiger charge is -2.47. The summed E-state index contributed by atoms with van der Waals surface area (Å²) in [6.45, 7) is 2.99. The monoisotopic (exact) mass is 366 g/mol. The molecule has 5 rings (SSSR count). The Morgan fingerprint density at radius 1 is 1.33 bits per heavy atom. The van der Waals surface area contributed by atoms with Crippen LogP contribution in [0.15, 0.2) is 36.7 Å². The van der Waals surface area contributed by atoms with E-state index in [0.29, 0.717) is 12.5 Å². The summed E-state index contributed by atoms with van der Waals surface area (Å²) in [5, 5.41) is 0. The lowest BCUT2D eigenvalue weighted by atomic mass is 9.84. The van der Waals surface area contributed by atoms with Crippen LogP contribution in [0.25, 0.3) is 5.82 Å². The predicted octanol–water partition coefficient (Wildman–Crippen LogP) is 2.57. The molecule has 1 amide bonds. The number of nitrogens with zero attached hydrogens (tertiary/aromatic N) is 4. The van der Waals surface area contributed by atoms with E-state index in [9.17, 15) is 4.79 Å². The van der Waals surface area contributed by atoms with Crippen LogP contribution in [0.1, 0.15) is 31.4 Å². The highest BCUT2D eigenvalue weighted by atomic mass is 16.5. The van der Waals surface area contributed by atoms with Crippen LogP contribution in [0.2, 0.25) is 0 Å². The number of anilines is 1. The molecular formula is C21H26N4O2. The molecule has 1 atom stereocenters. The minimum atomic E-state index is -0.211. The van der Waals surface area contributed by atoms with E-state index >= 15 is 0 Å². The minimum absolute atomic E-state index is 0.211. The number of ether oxygens (including phenoxy) is 1. The Labute approximate surface area is 159 Å². The van der Waals surface area contributed by atoms with Gasteiger partial charge in [0.1, 0.15) is 5.54 Å². The zero-order valence-electron chi connectivity index (χ0n) is 15.8. The molecule has 0 unspecified atom stereocenters. The van der Waals surface area contributed by atoms with E-state index in [1.54, 1.807) is 7.11 Å². The summed E-state index contributed by atoms with van der Waals surface area (Å²) < 4.78 is 7.63. The molecule has 0 aromatic carbocycles. The van der Waals surface area contributed by atoms with E-state index in [0.717, 1.165) is 50.4 Å². The normalized spacial score (nSPS) is 24.0. The van der Waals surface area contributed by atoms with Gasteiger partial charge in [0.05, 0.1) is 18.0 Å². The fourth-order valence-electron chi connectivity index (χ4n) is 4.94. The molecule has 0 radical (unpaired) electrons. The Morgan fingerprint density at radius 2 is 2.22 bits per heavy atom. The van der Waals surface area contributed by atoms with Crippen LogP contribution < -0.4 is 4.90 Å². The molecule has 0 N–H and O–H groups in total. The summed E-state index contributed by atoms with van der Waals surface area (Å²) in [5.74, 6) is 1.56. The van der Waals surface area contributed by atoms with E-state index in [-0.39, 0.29) is 11.5 Å². The van der Waals surface area contributed by atoms with E-state index in [2.05, 4.69) is 43.7 Å². The molecule has 3 aliphatic rings. The van der Waals surface area contributed by atoms with Crippen molar-refractivity contribution in [1.29, 1.82) is 0 Å². The molecule has 2 aromatic rings. The fourth-order valence-corrected chi connectivity index (χ4v) is 4.94. The van der Waals surface area contributed by atoms with Gasteiger partial charge in [-0.3, -0.25) is 4.79 Å². The molecule has 142 valence electrons. The van der Waals surface area contributed by atoms with Crippen molar-refractivity contribution < 1.29 is 9.53 Å². The SMILES string of the molecule is COCCN1c2cccnc2-n2cccc2[C@@]12CCN(C(=O)C1CCC1)C2. The summed E-state index contributed by atoms with van der Waals surface area (Å²) in [5.41, 5.74) is 2.14. The summed E-state index contributed by atoms with van der Waals surface area (Å²) in [6, 6.07) is 8.41. The van der Waals surface area contributed by atoms with Gasteiger partial charge < -0.3 is 19.1 Å². The maximum absolute atomic E-state index is 12.9. The van der Waals surface area contributed by atoms with E-state index < -0.39 is 0 Å². The number of pyridine rings is 1. The highest BCUT2D eigenvalue weighted by Crippen LogP contribution is 2.47. The number of rotatable bonds is 4. The second kappa shape index (κ2) is 6.37. The Balaban J connectivity index is 1.56. The average Bonchev–Trinajstić information content (AvgIpc) is 3.29. The van der Waals surface area contributed by atoms with Gasteiger partial charge in [0.2, 0.25) is 5.91 Å². The third kappa shape index (κ3) is 2.42. The molecule has 1 saturated heterocycles. The Hall–Kier alpha value is -2.34. The van der Waals surface area contributed by atoms with Crippen molar-refractivity contribution in [3.63, 3.8) is 0 Å². The average molecular weight is 366 g/mol. The van der Waals surface area contributed by atoms with Gasteiger partial charge in [0, 0.05) is 45.1 Å². The minimum Gasteiger partial charge on any atom is -0.383 e. The standard InChI is InChI=1S/C21H26N4O2/c1-27-14-13-25-17-7-3-10-22-19(17)24-11-4-8-18(24)21(25)9-12-23(15-21)20(26)16-5-2-6-16/h3-4,7-8,10-11,16H,2,5-6,9,12-15H2,1H3/t21-/m0/s1. The molecule has 4 heterocycles. The number of carbonyl (C=O) groups excluding carboxylic acids is 1. The lowest BCUT2D eigenvalue weighted by molar-refractivity contribution is -0.137. The van der Waals surface area contributed by atoms with Gasteiger partial charge >= 0.3 is 0 Å². The van der Waals surface area contributed by atoms with E-state index in [1.165, 1.54) is 12.1 Å². The number of fused-ring (bicyclic) bond motifs is 4. The predicted molar refractivity (Wildman–Crippen MR) is 103 cm³/mol. The molecule has 6 heteroatoms. The summed E-state index contributed by atoms with van der Waals surface area (Å²) in [7, 11) is 1.74. The summed E-state index contributed by atoms with van der Waals surface area (Å²) in [6.07, 6.45) is 8.17. The smallest absolute Gasteiger partial charge is 0.225 e. The van der Waals surface area contributed by atoms with Crippen molar-refractivity contribution in [2.45, 2.75) is 31.2 Å². The Morgan fingerprint density at radius 3 is 3.00 bits per heavy atom. The number of hydrogen-bond acceptors (Lipinski definition) is 4. The Bertz CT molecular complexity index is 859. The van der Waals surface area contributed by atoms with Gasteiger partial charge in [-0.2, -0.15) is 0 Å². The highest BCUT2D eigenvalue weighted by molar-refractivity contribution is 5.80. The van der Waals surface area contributed by atoms with Crippen molar-refractivity contribution in [1.82, 2.24) is 14.5 Å². The highest BCUT2D eigenvalue weighted by Gasteiger charge is 2.51. The zero-order valence-corrected chi connectivity index (χ0v) is 15.8. The molecule has 1 spiro atoms. The van der Waals surface area contributed by atoms with Crippen LogP contribution in [-0.4, -0.2) is 53.7 Å². The number of carbonyl (C=O) groups is 1. The van der Waals surface area contributed by atoms with Crippen molar-refractivity contribution in [2.24, 2.45) is 5.92 Å². The fraction of sp³-hybridized carbons (Fsp3) is 0.524. The quantitative estimate of drug-likeness (QED) is 0.835. The maximum Gasteiger partial charge on any atom is 0.225 e. The Kier molecular flexibility index (Phi) is 3.97. The molecule has 27 heavy (non-hydrogen) atoms. The first-order chi connectivity index (χ1) is 13.2. The van der Waals surface area contributed by atoms with E-state index in [1.807, 2.05) is 12.3 Å². The molecule has 1 saturated carbocycles. The zero-order chi connectivity index (χ0) is 18.4. The van der Waals surface area contributed by atoms with Crippen LogP contribution in [0.5, 0.6) is 0 Å². The molecule has 1 aliphatic carbocycles. The first-order valence-corrected chi connectivity index (χ1v) is 9.93. The van der Waals surface area contributed by atoms with Crippen LogP contribution in [0.4, 0.5) is 5.69 Å². The van der Waals surface area contributed by atoms with Crippen LogP contribution >= 0.6 is 0 Å². The second-order valence-corrected chi connectivity index (χ2v) is 7.92.